The average molecular weight is 693 g/mol. The Morgan fingerprint density at radius 3 is 1.57 bits per heavy atom. The van der Waals surface area contributed by atoms with Crippen LogP contribution >= 0.6 is 0 Å². The fourth-order valence-electron chi connectivity index (χ4n) is 14.6. The van der Waals surface area contributed by atoms with Gasteiger partial charge in [-0.1, -0.05) is 95.4 Å². The van der Waals surface area contributed by atoms with Gasteiger partial charge in [0.2, 0.25) is 0 Å². The zero-order valence-corrected chi connectivity index (χ0v) is 34.3. The van der Waals surface area contributed by atoms with E-state index in [2.05, 4.69) is 67.5 Å². The molecule has 12 bridgehead atoms. The maximum atomic E-state index is 4.30. The molecule has 14 aliphatic carbocycles. The molecule has 0 radical (unpaired) electrons. The lowest BCUT2D eigenvalue weighted by Gasteiger charge is -2.56. The number of fused-ring (bicyclic) bond motifs is 5. The highest BCUT2D eigenvalue weighted by Crippen LogP contribution is 2.61. The van der Waals surface area contributed by atoms with Crippen molar-refractivity contribution < 1.29 is 0 Å². The fourth-order valence-corrected chi connectivity index (χ4v) is 14.6. The van der Waals surface area contributed by atoms with Crippen LogP contribution in [0.25, 0.3) is 0 Å². The highest BCUT2D eigenvalue weighted by Gasteiger charge is 2.50. The van der Waals surface area contributed by atoms with E-state index in [-0.39, 0.29) is 0 Å². The van der Waals surface area contributed by atoms with E-state index in [0.717, 1.165) is 94.2 Å². The van der Waals surface area contributed by atoms with Crippen LogP contribution in [0.15, 0.2) is 60.8 Å². The zero-order chi connectivity index (χ0) is 36.2. The van der Waals surface area contributed by atoms with Crippen molar-refractivity contribution in [3.8, 4) is 0 Å². The molecule has 0 aromatic rings. The van der Waals surface area contributed by atoms with Gasteiger partial charge in [-0.3, -0.25) is 0 Å². The molecule has 0 heterocycles. The Kier molecular flexibility index (Phi) is 11.5. The molecule has 14 saturated carbocycles. The highest BCUT2D eigenvalue weighted by atomic mass is 14.6. The van der Waals surface area contributed by atoms with Gasteiger partial charge in [0.25, 0.3) is 0 Å². The predicted molar refractivity (Wildman–Crippen MR) is 221 cm³/mol. The molecule has 0 aromatic heterocycles. The van der Waals surface area contributed by atoms with Gasteiger partial charge in [0, 0.05) is 0 Å². The Balaban J connectivity index is 0.000000100. The molecule has 0 aromatic carbocycles. The van der Waals surface area contributed by atoms with E-state index in [1.165, 1.54) is 133 Å². The average Bonchev–Trinajstić information content (AvgIpc) is 3.64. The van der Waals surface area contributed by atoms with E-state index in [1.54, 1.807) is 23.1 Å². The van der Waals surface area contributed by atoms with E-state index in [9.17, 15) is 0 Å². The van der Waals surface area contributed by atoms with Crippen LogP contribution in [-0.4, -0.2) is 0 Å². The van der Waals surface area contributed by atoms with Crippen molar-refractivity contribution in [1.29, 1.82) is 0 Å². The van der Waals surface area contributed by atoms with Gasteiger partial charge in [-0.2, -0.15) is 0 Å². The third-order valence-corrected chi connectivity index (χ3v) is 17.9. The first-order valence-corrected chi connectivity index (χ1v) is 22.6. The first kappa shape index (κ1) is 38.0. The summed E-state index contributed by atoms with van der Waals surface area (Å²) >= 11 is 0. The summed E-state index contributed by atoms with van der Waals surface area (Å²) in [5.74, 6) is 14.7. The van der Waals surface area contributed by atoms with Crippen molar-refractivity contribution in [3.05, 3.63) is 60.8 Å². The minimum Gasteiger partial charge on any atom is -0.0999 e. The van der Waals surface area contributed by atoms with Crippen molar-refractivity contribution in [3.63, 3.8) is 0 Å². The molecule has 51 heavy (non-hydrogen) atoms. The Hall–Kier alpha value is -1.30. The summed E-state index contributed by atoms with van der Waals surface area (Å²) in [4.78, 5) is 0. The van der Waals surface area contributed by atoms with Crippen LogP contribution in [0.2, 0.25) is 0 Å². The molecule has 14 rings (SSSR count). The third kappa shape index (κ3) is 8.36. The van der Waals surface area contributed by atoms with Crippen LogP contribution in [0, 0.1) is 94.2 Å². The van der Waals surface area contributed by atoms with Crippen LogP contribution in [0.1, 0.15) is 163 Å². The van der Waals surface area contributed by atoms with Crippen LogP contribution < -0.4 is 0 Å². The Labute approximate surface area is 316 Å². The second kappa shape index (κ2) is 15.4. The van der Waals surface area contributed by atoms with Crippen molar-refractivity contribution in [2.45, 2.75) is 163 Å². The molecule has 284 valence electrons. The summed E-state index contributed by atoms with van der Waals surface area (Å²) in [6, 6.07) is 0. The summed E-state index contributed by atoms with van der Waals surface area (Å²) in [6.07, 6.45) is 28.6. The molecular formula is C51H80. The van der Waals surface area contributed by atoms with Crippen molar-refractivity contribution >= 4 is 0 Å². The topological polar surface area (TPSA) is 0 Å². The van der Waals surface area contributed by atoms with Crippen LogP contribution in [-0.2, 0) is 0 Å². The second-order valence-electron chi connectivity index (χ2n) is 21.8. The molecule has 0 amide bonds. The highest BCUT2D eigenvalue weighted by molar-refractivity contribution is 5.20. The molecule has 13 atom stereocenters. The molecule has 14 aliphatic rings. The van der Waals surface area contributed by atoms with Gasteiger partial charge in [0.15, 0.2) is 0 Å². The fraction of sp³-hybridized carbons (Fsp3) is 0.804. The van der Waals surface area contributed by atoms with E-state index < -0.39 is 0 Å². The van der Waals surface area contributed by atoms with Gasteiger partial charge in [-0.25, -0.2) is 0 Å². The maximum Gasteiger partial charge on any atom is -0.0172 e. The lowest BCUT2D eigenvalue weighted by atomic mass is 9.49. The van der Waals surface area contributed by atoms with Gasteiger partial charge in [0.05, 0.1) is 0 Å². The largest absolute Gasteiger partial charge is 0.0999 e. The van der Waals surface area contributed by atoms with E-state index in [1.807, 2.05) is 0 Å². The predicted octanol–water partition coefficient (Wildman–Crippen LogP) is 15.0. The van der Waals surface area contributed by atoms with E-state index in [4.69, 9.17) is 0 Å². The number of allylic oxidation sites excluding steroid dienone is 5. The van der Waals surface area contributed by atoms with Gasteiger partial charge < -0.3 is 0 Å². The Bertz CT molecular complexity index is 1290. The minimum atomic E-state index is 0.720. The van der Waals surface area contributed by atoms with Gasteiger partial charge >= 0.3 is 0 Å². The summed E-state index contributed by atoms with van der Waals surface area (Å²) in [7, 11) is 0. The first-order chi connectivity index (χ1) is 24.2. The van der Waals surface area contributed by atoms with Crippen LogP contribution in [0.4, 0.5) is 0 Å². The molecular weight excluding hydrogens is 613 g/mol. The smallest absolute Gasteiger partial charge is 0.0172 e. The molecule has 0 nitrogen and oxygen atoms in total. The minimum absolute atomic E-state index is 0.720. The molecule has 13 unspecified atom stereocenters. The summed E-state index contributed by atoms with van der Waals surface area (Å²) in [6.45, 7) is 32.8. The Morgan fingerprint density at radius 2 is 1.08 bits per heavy atom. The number of rotatable bonds is 0. The van der Waals surface area contributed by atoms with Crippen molar-refractivity contribution in [2.24, 2.45) is 94.2 Å². The van der Waals surface area contributed by atoms with Crippen molar-refractivity contribution in [2.75, 3.05) is 0 Å². The van der Waals surface area contributed by atoms with E-state index >= 15 is 0 Å². The summed E-state index contributed by atoms with van der Waals surface area (Å²) < 4.78 is 0. The van der Waals surface area contributed by atoms with Gasteiger partial charge in [-0.15, -0.1) is 0 Å². The molecule has 14 fully saturated rings. The monoisotopic (exact) mass is 693 g/mol. The molecule has 0 N–H and O–H groups in total. The van der Waals surface area contributed by atoms with Gasteiger partial charge in [0.1, 0.15) is 0 Å². The zero-order valence-electron chi connectivity index (χ0n) is 34.3. The summed E-state index contributed by atoms with van der Waals surface area (Å²) in [5.41, 5.74) is 8.51. The lowest BCUT2D eigenvalue weighted by Crippen LogP contribution is -2.45. The molecule has 0 spiro atoms. The molecule has 0 aliphatic heterocycles. The number of hydrogen-bond acceptors (Lipinski definition) is 0. The standard InChI is InChI=1S/2C12H18.C10H16.C9H14.C8H14/c1-8-10-3-9-4-11(8)7-12(2,5-9)6-10;1-7-10-3-9-4-11(6-10)8(2)12(7)5-9;1-7-5-10-4-3-9(7)6-8(10)2;1-6-3-9-5-8(6)4-7(9)2;1-7-3-5-8(2)6-4-7/h9-11H,1,3-7H2,2H3;8-12H,1,3-6H2,2H3;8-10H,1,3-6H2,2H3;7-9H,1,3-5H2,2H3;8H,1,3-6H2,2H3. The summed E-state index contributed by atoms with van der Waals surface area (Å²) in [5, 5.41) is 0. The maximum absolute atomic E-state index is 4.30. The quantitative estimate of drug-likeness (QED) is 0.222. The Morgan fingerprint density at radius 1 is 0.490 bits per heavy atom. The molecule has 0 heteroatoms. The lowest BCUT2D eigenvalue weighted by molar-refractivity contribution is -0.000345. The van der Waals surface area contributed by atoms with Gasteiger partial charge in [-0.05, 0) is 223 Å². The first-order valence-electron chi connectivity index (χ1n) is 22.6. The van der Waals surface area contributed by atoms with Crippen molar-refractivity contribution in [1.82, 2.24) is 0 Å². The second-order valence-corrected chi connectivity index (χ2v) is 21.8. The van der Waals surface area contributed by atoms with E-state index in [0.29, 0.717) is 0 Å². The third-order valence-electron chi connectivity index (χ3n) is 17.9. The normalized spacial score (nSPS) is 47.9. The number of hydrogen-bond donors (Lipinski definition) is 0. The van der Waals surface area contributed by atoms with Crippen LogP contribution in [0.3, 0.4) is 0 Å². The SMILES string of the molecule is C=C1C2CC3CC(C2)C(C)C1C3.C=C1C2CC3CC1CC(C)(C3)C2.C=C1CC2CC1CC2C.C=C1CC2CCC1CC2C.C=C1CCC(C)CC1. The molecule has 0 saturated heterocycles. The van der Waals surface area contributed by atoms with Crippen LogP contribution in [0.5, 0.6) is 0 Å².